The maximum Gasteiger partial charge on any atom is 0.219 e. The largest absolute Gasteiger partial charge is 0.378 e. The standard InChI is InChI=1S/C25H27FN4O2/c1-18(31)29-12-14-30(15-13-29)25-21(16-20-10-6-7-11-22(20)26)23(17-32-2)27-24(28-25)19-8-4-3-5-9-19/h3-11H,12-17H2,1-2H3. The Kier molecular flexibility index (Phi) is 6.75. The van der Waals surface area contributed by atoms with Crippen LogP contribution in [0.15, 0.2) is 54.6 Å². The molecule has 0 spiro atoms. The number of benzene rings is 2. The van der Waals surface area contributed by atoms with Crippen molar-refractivity contribution in [2.75, 3.05) is 38.2 Å². The van der Waals surface area contributed by atoms with Crippen LogP contribution in [0.4, 0.5) is 10.2 Å². The van der Waals surface area contributed by atoms with Crippen LogP contribution in [0.5, 0.6) is 0 Å². The second-order valence-electron chi connectivity index (χ2n) is 7.86. The molecule has 2 aromatic carbocycles. The Labute approximate surface area is 187 Å². The number of halogens is 1. The van der Waals surface area contributed by atoms with E-state index in [1.807, 2.05) is 41.3 Å². The van der Waals surface area contributed by atoms with Crippen molar-refractivity contribution in [1.29, 1.82) is 0 Å². The molecule has 0 N–H and O–H groups in total. The lowest BCUT2D eigenvalue weighted by molar-refractivity contribution is -0.129. The van der Waals surface area contributed by atoms with E-state index in [9.17, 15) is 9.18 Å². The number of hydrogen-bond acceptors (Lipinski definition) is 5. The van der Waals surface area contributed by atoms with Gasteiger partial charge in [-0.3, -0.25) is 4.79 Å². The highest BCUT2D eigenvalue weighted by Crippen LogP contribution is 2.29. The number of carbonyl (C=O) groups is 1. The molecular formula is C25H27FN4O2. The minimum Gasteiger partial charge on any atom is -0.378 e. The van der Waals surface area contributed by atoms with Crippen LogP contribution in [0.1, 0.15) is 23.7 Å². The van der Waals surface area contributed by atoms with E-state index in [2.05, 4.69) is 4.90 Å². The number of aromatic nitrogens is 2. The highest BCUT2D eigenvalue weighted by molar-refractivity contribution is 5.73. The van der Waals surface area contributed by atoms with Gasteiger partial charge in [0.2, 0.25) is 5.91 Å². The summed E-state index contributed by atoms with van der Waals surface area (Å²) in [5, 5.41) is 0. The minimum absolute atomic E-state index is 0.0731. The molecule has 3 aromatic rings. The Morgan fingerprint density at radius 2 is 1.69 bits per heavy atom. The van der Waals surface area contributed by atoms with E-state index in [1.54, 1.807) is 26.2 Å². The maximum absolute atomic E-state index is 14.5. The van der Waals surface area contributed by atoms with Gasteiger partial charge in [-0.05, 0) is 11.6 Å². The average molecular weight is 435 g/mol. The number of carbonyl (C=O) groups excluding carboxylic acids is 1. The first-order chi connectivity index (χ1) is 15.6. The van der Waals surface area contributed by atoms with Crippen LogP contribution in [0.3, 0.4) is 0 Å². The molecule has 0 radical (unpaired) electrons. The van der Waals surface area contributed by atoms with Gasteiger partial charge in [0.1, 0.15) is 11.6 Å². The number of hydrogen-bond donors (Lipinski definition) is 0. The zero-order valence-corrected chi connectivity index (χ0v) is 18.4. The SMILES string of the molecule is COCc1nc(-c2ccccc2)nc(N2CCN(C(C)=O)CC2)c1Cc1ccccc1F. The van der Waals surface area contributed by atoms with Crippen molar-refractivity contribution < 1.29 is 13.9 Å². The fourth-order valence-corrected chi connectivity index (χ4v) is 4.00. The number of piperazine rings is 1. The third-order valence-corrected chi connectivity index (χ3v) is 5.73. The molecule has 4 rings (SSSR count). The first kappa shape index (κ1) is 21.9. The van der Waals surface area contributed by atoms with Crippen LogP contribution in [0.2, 0.25) is 0 Å². The second-order valence-corrected chi connectivity index (χ2v) is 7.86. The summed E-state index contributed by atoms with van der Waals surface area (Å²) in [6.45, 7) is 4.45. The van der Waals surface area contributed by atoms with E-state index < -0.39 is 0 Å². The molecule has 0 aliphatic carbocycles. The minimum atomic E-state index is -0.254. The molecule has 0 bridgehead atoms. The van der Waals surface area contributed by atoms with Crippen LogP contribution in [-0.4, -0.2) is 54.1 Å². The smallest absolute Gasteiger partial charge is 0.219 e. The first-order valence-corrected chi connectivity index (χ1v) is 10.7. The molecule has 0 saturated carbocycles. The average Bonchev–Trinajstić information content (AvgIpc) is 2.82. The lowest BCUT2D eigenvalue weighted by Gasteiger charge is -2.36. The Balaban J connectivity index is 1.80. The Morgan fingerprint density at radius 3 is 2.34 bits per heavy atom. The molecule has 1 fully saturated rings. The summed E-state index contributed by atoms with van der Waals surface area (Å²) >= 11 is 0. The summed E-state index contributed by atoms with van der Waals surface area (Å²) in [6, 6.07) is 16.6. The number of ether oxygens (including phenoxy) is 1. The Bertz CT molecular complexity index is 1080. The number of amides is 1. The molecule has 1 aromatic heterocycles. The lowest BCUT2D eigenvalue weighted by atomic mass is 10.0. The summed E-state index contributed by atoms with van der Waals surface area (Å²) in [4.78, 5) is 25.5. The summed E-state index contributed by atoms with van der Waals surface area (Å²) in [5.41, 5.74) is 3.09. The van der Waals surface area contributed by atoms with Gasteiger partial charge in [0.15, 0.2) is 5.82 Å². The first-order valence-electron chi connectivity index (χ1n) is 10.7. The third-order valence-electron chi connectivity index (χ3n) is 5.73. The van der Waals surface area contributed by atoms with Crippen molar-refractivity contribution in [3.8, 4) is 11.4 Å². The van der Waals surface area contributed by atoms with Gasteiger partial charge < -0.3 is 14.5 Å². The molecule has 6 nitrogen and oxygen atoms in total. The van der Waals surface area contributed by atoms with Gasteiger partial charge in [-0.15, -0.1) is 0 Å². The predicted molar refractivity (Wildman–Crippen MR) is 122 cm³/mol. The molecule has 1 saturated heterocycles. The van der Waals surface area contributed by atoms with E-state index >= 15 is 0 Å². The molecule has 1 aliphatic heterocycles. The van der Waals surface area contributed by atoms with Crippen LogP contribution < -0.4 is 4.90 Å². The van der Waals surface area contributed by atoms with Crippen molar-refractivity contribution in [3.63, 3.8) is 0 Å². The Hall–Kier alpha value is -3.32. The zero-order valence-electron chi connectivity index (χ0n) is 18.4. The predicted octanol–water partition coefficient (Wildman–Crippen LogP) is 3.69. The molecule has 7 heteroatoms. The quantitative estimate of drug-likeness (QED) is 0.592. The molecule has 2 heterocycles. The van der Waals surface area contributed by atoms with Crippen LogP contribution in [-0.2, 0) is 22.6 Å². The molecule has 0 unspecified atom stereocenters. The highest BCUT2D eigenvalue weighted by Gasteiger charge is 2.25. The molecule has 1 aliphatic rings. The van der Waals surface area contributed by atoms with Crippen LogP contribution in [0.25, 0.3) is 11.4 Å². The van der Waals surface area contributed by atoms with Gasteiger partial charge in [0.25, 0.3) is 0 Å². The molecule has 0 atom stereocenters. The zero-order chi connectivity index (χ0) is 22.5. The maximum atomic E-state index is 14.5. The van der Waals surface area contributed by atoms with Gasteiger partial charge in [-0.1, -0.05) is 48.5 Å². The molecular weight excluding hydrogens is 407 g/mol. The molecule has 32 heavy (non-hydrogen) atoms. The van der Waals surface area contributed by atoms with Crippen LogP contribution in [0, 0.1) is 5.82 Å². The number of rotatable bonds is 6. The van der Waals surface area contributed by atoms with Gasteiger partial charge in [0, 0.05) is 57.8 Å². The number of nitrogens with zero attached hydrogens (tertiary/aromatic N) is 4. The van der Waals surface area contributed by atoms with E-state index in [0.717, 1.165) is 22.6 Å². The number of methoxy groups -OCH3 is 1. The lowest BCUT2D eigenvalue weighted by Crippen LogP contribution is -2.48. The van der Waals surface area contributed by atoms with E-state index in [4.69, 9.17) is 14.7 Å². The molecule has 166 valence electrons. The third kappa shape index (κ3) is 4.78. The number of anilines is 1. The Morgan fingerprint density at radius 1 is 1.00 bits per heavy atom. The van der Waals surface area contributed by atoms with Gasteiger partial charge >= 0.3 is 0 Å². The fourth-order valence-electron chi connectivity index (χ4n) is 4.00. The summed E-state index contributed by atoms with van der Waals surface area (Å²) < 4.78 is 20.0. The summed E-state index contributed by atoms with van der Waals surface area (Å²) in [5.74, 6) is 1.20. The topological polar surface area (TPSA) is 58.6 Å². The van der Waals surface area contributed by atoms with Crippen molar-refractivity contribution in [2.24, 2.45) is 0 Å². The van der Waals surface area contributed by atoms with E-state index in [1.165, 1.54) is 6.07 Å². The monoisotopic (exact) mass is 434 g/mol. The second kappa shape index (κ2) is 9.87. The van der Waals surface area contributed by atoms with Gasteiger partial charge in [-0.25, -0.2) is 14.4 Å². The fraction of sp³-hybridized carbons (Fsp3) is 0.320. The van der Waals surface area contributed by atoms with Crippen LogP contribution >= 0.6 is 0 Å². The van der Waals surface area contributed by atoms with E-state index in [-0.39, 0.29) is 11.7 Å². The summed E-state index contributed by atoms with van der Waals surface area (Å²) in [6.07, 6.45) is 0.364. The van der Waals surface area contributed by atoms with Crippen molar-refractivity contribution in [3.05, 3.63) is 77.2 Å². The summed E-state index contributed by atoms with van der Waals surface area (Å²) in [7, 11) is 1.63. The highest BCUT2D eigenvalue weighted by atomic mass is 19.1. The van der Waals surface area contributed by atoms with E-state index in [0.29, 0.717) is 50.6 Å². The normalized spacial score (nSPS) is 14.0. The van der Waals surface area contributed by atoms with Crippen molar-refractivity contribution in [2.45, 2.75) is 20.0 Å². The van der Waals surface area contributed by atoms with Crippen molar-refractivity contribution in [1.82, 2.24) is 14.9 Å². The van der Waals surface area contributed by atoms with Crippen molar-refractivity contribution >= 4 is 11.7 Å². The van der Waals surface area contributed by atoms with Gasteiger partial charge in [0.05, 0.1) is 12.3 Å². The van der Waals surface area contributed by atoms with Gasteiger partial charge in [-0.2, -0.15) is 0 Å². The molecule has 1 amide bonds.